The highest BCUT2D eigenvalue weighted by Crippen LogP contribution is 2.18. The highest BCUT2D eigenvalue weighted by atomic mass is 16.2. The summed E-state index contributed by atoms with van der Waals surface area (Å²) < 4.78 is 0. The topological polar surface area (TPSA) is 79.8 Å². The molecule has 0 aromatic heterocycles. The molecule has 0 fully saturated rings. The maximum absolute atomic E-state index is 11.3. The fourth-order valence-electron chi connectivity index (χ4n) is 1.41. The van der Waals surface area contributed by atoms with Crippen LogP contribution in [0.3, 0.4) is 0 Å². The largest absolute Gasteiger partial charge is 0.290 e. The van der Waals surface area contributed by atoms with Gasteiger partial charge in [0.15, 0.2) is 0 Å². The third-order valence-corrected chi connectivity index (χ3v) is 2.18. The van der Waals surface area contributed by atoms with Crippen molar-refractivity contribution in [2.45, 2.75) is 6.42 Å². The molecule has 1 amide bonds. The van der Waals surface area contributed by atoms with Gasteiger partial charge in [-0.05, 0) is 11.6 Å². The van der Waals surface area contributed by atoms with Crippen LogP contribution in [0.1, 0.15) is 6.42 Å². The number of amides is 1. The van der Waals surface area contributed by atoms with Gasteiger partial charge in [-0.25, -0.2) is 5.84 Å². The summed E-state index contributed by atoms with van der Waals surface area (Å²) in [7, 11) is 0. The summed E-state index contributed by atoms with van der Waals surface area (Å²) in [6.07, 6.45) is 9.35. The van der Waals surface area contributed by atoms with Crippen LogP contribution in [-0.2, 0) is 4.79 Å². The number of nitrogens with two attached hydrogens (primary N) is 1. The Bertz CT molecular complexity index is 440. The quantitative estimate of drug-likeness (QED) is 0.362. The molecule has 0 aromatic carbocycles. The van der Waals surface area contributed by atoms with E-state index in [1.165, 1.54) is 0 Å². The summed E-state index contributed by atoms with van der Waals surface area (Å²) >= 11 is 0. The monoisotopic (exact) mass is 202 g/mol. The summed E-state index contributed by atoms with van der Waals surface area (Å²) in [4.78, 5) is 11.3. The van der Waals surface area contributed by atoms with Crippen LogP contribution in [0.25, 0.3) is 0 Å². The van der Waals surface area contributed by atoms with Crippen molar-refractivity contribution in [2.75, 3.05) is 0 Å². The minimum Gasteiger partial charge on any atom is -0.290 e. The third-order valence-electron chi connectivity index (χ3n) is 2.18. The second-order valence-corrected chi connectivity index (χ2v) is 3.13. The fourth-order valence-corrected chi connectivity index (χ4v) is 1.41. The van der Waals surface area contributed by atoms with Gasteiger partial charge in [0.1, 0.15) is 0 Å². The molecule has 15 heavy (non-hydrogen) atoms. The van der Waals surface area contributed by atoms with Crippen LogP contribution in [0.4, 0.5) is 0 Å². The number of carbonyl (C=O) groups is 1. The first-order valence-corrected chi connectivity index (χ1v) is 4.50. The van der Waals surface area contributed by atoms with E-state index in [9.17, 15) is 4.79 Å². The Balaban J connectivity index is 2.32. The van der Waals surface area contributed by atoms with Crippen molar-refractivity contribution in [1.29, 1.82) is 0 Å². The predicted octanol–water partition coefficient (Wildman–Crippen LogP) is 0.229. The lowest BCUT2D eigenvalue weighted by Gasteiger charge is -2.12. The van der Waals surface area contributed by atoms with Crippen molar-refractivity contribution < 1.29 is 4.79 Å². The molecular weight excluding hydrogens is 192 g/mol. The number of rotatable bonds is 1. The lowest BCUT2D eigenvalue weighted by Crippen LogP contribution is -2.32. The molecule has 0 bridgehead atoms. The molecule has 1 aliphatic heterocycles. The molecule has 0 spiro atoms. The van der Waals surface area contributed by atoms with Crippen molar-refractivity contribution in [3.8, 4) is 0 Å². The molecule has 2 aliphatic rings. The van der Waals surface area contributed by atoms with E-state index in [1.54, 1.807) is 12.3 Å². The van der Waals surface area contributed by atoms with Gasteiger partial charge in [-0.15, -0.1) is 0 Å². The smallest absolute Gasteiger partial charge is 0.261 e. The SMILES string of the molecule is NNC(=O)C1=CC=C2C=CC=NN=C2C1. The standard InChI is InChI=1S/C10H10N4O/c11-13-10(15)8-4-3-7-2-1-5-12-14-9(7)6-8/h1-5H,6,11H2,(H,13,15). The minimum absolute atomic E-state index is 0.287. The summed E-state index contributed by atoms with van der Waals surface area (Å²) in [5, 5.41) is 7.83. The molecule has 0 saturated carbocycles. The van der Waals surface area contributed by atoms with E-state index in [0.29, 0.717) is 12.0 Å². The van der Waals surface area contributed by atoms with Gasteiger partial charge in [0, 0.05) is 18.2 Å². The summed E-state index contributed by atoms with van der Waals surface area (Å²) in [6, 6.07) is 0. The maximum Gasteiger partial charge on any atom is 0.261 e. The Labute approximate surface area is 86.7 Å². The highest BCUT2D eigenvalue weighted by molar-refractivity contribution is 6.11. The van der Waals surface area contributed by atoms with Gasteiger partial charge in [0.05, 0.1) is 5.71 Å². The molecule has 1 heterocycles. The van der Waals surface area contributed by atoms with Gasteiger partial charge in [-0.2, -0.15) is 10.2 Å². The Morgan fingerprint density at radius 2 is 2.33 bits per heavy atom. The second-order valence-electron chi connectivity index (χ2n) is 3.13. The van der Waals surface area contributed by atoms with Crippen molar-refractivity contribution in [3.63, 3.8) is 0 Å². The van der Waals surface area contributed by atoms with Crippen LogP contribution in [-0.4, -0.2) is 17.8 Å². The normalized spacial score (nSPS) is 18.3. The second kappa shape index (κ2) is 4.02. The van der Waals surface area contributed by atoms with Crippen LogP contribution in [0.15, 0.2) is 45.7 Å². The number of hydrogen-bond donors (Lipinski definition) is 2. The summed E-state index contributed by atoms with van der Waals surface area (Å²) in [5.74, 6) is 4.77. The number of hydrazine groups is 1. The Kier molecular flexibility index (Phi) is 2.55. The molecular formula is C10H10N4O. The van der Waals surface area contributed by atoms with Crippen LogP contribution >= 0.6 is 0 Å². The molecule has 5 nitrogen and oxygen atoms in total. The van der Waals surface area contributed by atoms with E-state index in [-0.39, 0.29) is 5.91 Å². The van der Waals surface area contributed by atoms with Gasteiger partial charge in [0.25, 0.3) is 5.91 Å². The van der Waals surface area contributed by atoms with E-state index in [0.717, 1.165) is 11.3 Å². The number of carbonyl (C=O) groups excluding carboxylic acids is 1. The summed E-state index contributed by atoms with van der Waals surface area (Å²) in [5.41, 5.74) is 4.44. The molecule has 0 unspecified atom stereocenters. The van der Waals surface area contributed by atoms with Crippen molar-refractivity contribution >= 4 is 17.8 Å². The van der Waals surface area contributed by atoms with E-state index >= 15 is 0 Å². The molecule has 0 saturated heterocycles. The molecule has 0 radical (unpaired) electrons. The molecule has 0 aromatic rings. The van der Waals surface area contributed by atoms with Gasteiger partial charge in [-0.1, -0.05) is 18.2 Å². The average Bonchev–Trinajstić information content (AvgIpc) is 2.51. The predicted molar refractivity (Wildman–Crippen MR) is 58.2 cm³/mol. The van der Waals surface area contributed by atoms with Gasteiger partial charge < -0.3 is 0 Å². The Morgan fingerprint density at radius 3 is 3.13 bits per heavy atom. The lowest BCUT2D eigenvalue weighted by molar-refractivity contribution is -0.117. The van der Waals surface area contributed by atoms with E-state index in [1.807, 2.05) is 18.2 Å². The zero-order chi connectivity index (χ0) is 10.7. The summed E-state index contributed by atoms with van der Waals surface area (Å²) in [6.45, 7) is 0. The minimum atomic E-state index is -0.287. The van der Waals surface area contributed by atoms with Crippen LogP contribution in [0.5, 0.6) is 0 Å². The molecule has 3 N–H and O–H groups in total. The zero-order valence-corrected chi connectivity index (χ0v) is 7.97. The fraction of sp³-hybridized carbons (Fsp3) is 0.100. The molecule has 2 rings (SSSR count). The van der Waals surface area contributed by atoms with Crippen molar-refractivity contribution in [1.82, 2.24) is 5.43 Å². The number of allylic oxidation sites excluding steroid dienone is 5. The first-order chi connectivity index (χ1) is 7.31. The maximum atomic E-state index is 11.3. The molecule has 76 valence electrons. The number of nitrogens with one attached hydrogen (secondary N) is 1. The van der Waals surface area contributed by atoms with Gasteiger partial charge in [-0.3, -0.25) is 10.2 Å². The van der Waals surface area contributed by atoms with Crippen LogP contribution in [0, 0.1) is 0 Å². The third kappa shape index (κ3) is 1.92. The molecule has 0 atom stereocenters. The number of hydrogen-bond acceptors (Lipinski definition) is 4. The van der Waals surface area contributed by atoms with Gasteiger partial charge in [0.2, 0.25) is 0 Å². The highest BCUT2D eigenvalue weighted by Gasteiger charge is 2.17. The van der Waals surface area contributed by atoms with Crippen LogP contribution < -0.4 is 11.3 Å². The molecule has 1 aliphatic carbocycles. The number of fused-ring (bicyclic) bond motifs is 1. The Morgan fingerprint density at radius 1 is 1.47 bits per heavy atom. The Hall–Kier alpha value is -2.01. The van der Waals surface area contributed by atoms with E-state index < -0.39 is 0 Å². The zero-order valence-electron chi connectivity index (χ0n) is 7.97. The lowest BCUT2D eigenvalue weighted by atomic mass is 9.95. The first-order valence-electron chi connectivity index (χ1n) is 4.50. The van der Waals surface area contributed by atoms with Gasteiger partial charge >= 0.3 is 0 Å². The van der Waals surface area contributed by atoms with E-state index in [4.69, 9.17) is 5.84 Å². The van der Waals surface area contributed by atoms with E-state index in [2.05, 4.69) is 15.6 Å². The number of nitrogens with zero attached hydrogens (tertiary/aromatic N) is 2. The van der Waals surface area contributed by atoms with Crippen molar-refractivity contribution in [2.24, 2.45) is 16.0 Å². The van der Waals surface area contributed by atoms with Crippen molar-refractivity contribution in [3.05, 3.63) is 35.5 Å². The first kappa shape index (κ1) is 9.54. The average molecular weight is 202 g/mol. The van der Waals surface area contributed by atoms with Crippen LogP contribution in [0.2, 0.25) is 0 Å². The molecule has 5 heteroatoms.